The second-order valence-electron chi connectivity index (χ2n) is 5.35. The van der Waals surface area contributed by atoms with E-state index in [1.54, 1.807) is 18.2 Å². The van der Waals surface area contributed by atoms with Crippen LogP contribution in [0.2, 0.25) is 0 Å². The summed E-state index contributed by atoms with van der Waals surface area (Å²) in [7, 11) is 0. The molecule has 26 heavy (non-hydrogen) atoms. The lowest BCUT2D eigenvalue weighted by Crippen LogP contribution is -2.34. The molecule has 0 fully saturated rings. The maximum Gasteiger partial charge on any atom is 0.266 e. The van der Waals surface area contributed by atoms with Gasteiger partial charge in [0.1, 0.15) is 17.3 Å². The first-order chi connectivity index (χ1) is 12.6. The van der Waals surface area contributed by atoms with Crippen molar-refractivity contribution in [1.29, 1.82) is 0 Å². The van der Waals surface area contributed by atoms with Crippen molar-refractivity contribution in [2.45, 2.75) is 6.54 Å². The monoisotopic (exact) mass is 357 g/mol. The number of furan rings is 1. The van der Waals surface area contributed by atoms with Crippen LogP contribution in [0.4, 0.5) is 4.39 Å². The molecule has 0 spiro atoms. The van der Waals surface area contributed by atoms with E-state index < -0.39 is 0 Å². The molecule has 1 aromatic carbocycles. The fourth-order valence-corrected chi connectivity index (χ4v) is 2.20. The van der Waals surface area contributed by atoms with Gasteiger partial charge in [-0.25, -0.2) is 9.07 Å². The Labute approximate surface area is 148 Å². The molecule has 0 bridgehead atoms. The van der Waals surface area contributed by atoms with E-state index in [1.807, 2.05) is 0 Å². The number of carbonyl (C=O) groups is 1. The van der Waals surface area contributed by atoms with Gasteiger partial charge in [0.2, 0.25) is 0 Å². The molecule has 2 heterocycles. The first-order valence-electron chi connectivity index (χ1n) is 7.89. The average molecular weight is 357 g/mol. The maximum atomic E-state index is 12.8. The SMILES string of the molecule is O=C(COc1ccc(F)cc1)NCCn1nc(-c2ccco2)ccc1=O. The largest absolute Gasteiger partial charge is 0.484 e. The van der Waals surface area contributed by atoms with Crippen molar-refractivity contribution < 1.29 is 18.3 Å². The first-order valence-corrected chi connectivity index (χ1v) is 7.89. The minimum absolute atomic E-state index is 0.204. The van der Waals surface area contributed by atoms with Gasteiger partial charge >= 0.3 is 0 Å². The summed E-state index contributed by atoms with van der Waals surface area (Å²) in [6, 6.07) is 11.8. The molecule has 134 valence electrons. The zero-order valence-corrected chi connectivity index (χ0v) is 13.7. The minimum Gasteiger partial charge on any atom is -0.484 e. The van der Waals surface area contributed by atoms with Crippen molar-refractivity contribution in [2.24, 2.45) is 0 Å². The molecule has 7 nitrogen and oxygen atoms in total. The highest BCUT2D eigenvalue weighted by molar-refractivity contribution is 5.77. The van der Waals surface area contributed by atoms with Crippen LogP contribution in [0.15, 0.2) is 64.0 Å². The second-order valence-corrected chi connectivity index (χ2v) is 5.35. The fraction of sp³-hybridized carbons (Fsp3) is 0.167. The summed E-state index contributed by atoms with van der Waals surface area (Å²) in [5.74, 6) is 0.210. The molecule has 1 N–H and O–H groups in total. The Morgan fingerprint density at radius 2 is 2.00 bits per heavy atom. The Morgan fingerprint density at radius 1 is 1.19 bits per heavy atom. The number of nitrogens with zero attached hydrogens (tertiary/aromatic N) is 2. The number of ether oxygens (including phenoxy) is 1. The van der Waals surface area contributed by atoms with Gasteiger partial charge in [-0.3, -0.25) is 9.59 Å². The number of rotatable bonds is 7. The highest BCUT2D eigenvalue weighted by Gasteiger charge is 2.07. The van der Waals surface area contributed by atoms with E-state index in [9.17, 15) is 14.0 Å². The highest BCUT2D eigenvalue weighted by Crippen LogP contribution is 2.15. The summed E-state index contributed by atoms with van der Waals surface area (Å²) < 4.78 is 24.5. The van der Waals surface area contributed by atoms with E-state index in [2.05, 4.69) is 10.4 Å². The lowest BCUT2D eigenvalue weighted by atomic mass is 10.3. The molecule has 0 unspecified atom stereocenters. The van der Waals surface area contributed by atoms with E-state index in [1.165, 1.54) is 41.3 Å². The molecule has 1 amide bonds. The Bertz CT molecular complexity index is 920. The molecule has 0 atom stereocenters. The Balaban J connectivity index is 1.49. The predicted octanol–water partition coefficient (Wildman–Crippen LogP) is 1.84. The van der Waals surface area contributed by atoms with Crippen LogP contribution in [0.5, 0.6) is 5.75 Å². The number of aromatic nitrogens is 2. The second kappa shape index (κ2) is 8.11. The summed E-state index contributed by atoms with van der Waals surface area (Å²) in [6.45, 7) is 0.205. The molecule has 0 saturated carbocycles. The van der Waals surface area contributed by atoms with Gasteiger partial charge in [-0.2, -0.15) is 5.10 Å². The molecule has 3 aromatic rings. The predicted molar refractivity (Wildman–Crippen MR) is 91.1 cm³/mol. The lowest BCUT2D eigenvalue weighted by molar-refractivity contribution is -0.123. The van der Waals surface area contributed by atoms with Gasteiger partial charge in [0.05, 0.1) is 12.8 Å². The van der Waals surface area contributed by atoms with Crippen molar-refractivity contribution in [2.75, 3.05) is 13.2 Å². The molecule has 0 aliphatic rings. The van der Waals surface area contributed by atoms with Gasteiger partial charge in [-0.1, -0.05) is 0 Å². The number of nitrogens with one attached hydrogen (secondary N) is 1. The van der Waals surface area contributed by atoms with Crippen LogP contribution in [0.25, 0.3) is 11.5 Å². The van der Waals surface area contributed by atoms with Gasteiger partial charge in [-0.05, 0) is 42.5 Å². The molecule has 0 saturated heterocycles. The van der Waals surface area contributed by atoms with E-state index in [0.29, 0.717) is 17.2 Å². The third-order valence-corrected chi connectivity index (χ3v) is 3.47. The summed E-state index contributed by atoms with van der Waals surface area (Å²) in [6.07, 6.45) is 1.52. The van der Waals surface area contributed by atoms with Crippen molar-refractivity contribution >= 4 is 5.91 Å². The molecule has 0 aliphatic carbocycles. The maximum absolute atomic E-state index is 12.8. The van der Waals surface area contributed by atoms with Crippen LogP contribution in [-0.2, 0) is 11.3 Å². The van der Waals surface area contributed by atoms with E-state index in [-0.39, 0.29) is 37.0 Å². The smallest absolute Gasteiger partial charge is 0.266 e. The van der Waals surface area contributed by atoms with Crippen LogP contribution in [0, 0.1) is 5.82 Å². The fourth-order valence-electron chi connectivity index (χ4n) is 2.20. The van der Waals surface area contributed by atoms with E-state index in [4.69, 9.17) is 9.15 Å². The van der Waals surface area contributed by atoms with Crippen LogP contribution >= 0.6 is 0 Å². The Hall–Kier alpha value is -3.42. The van der Waals surface area contributed by atoms with Crippen molar-refractivity contribution in [3.05, 3.63) is 71.0 Å². The zero-order chi connectivity index (χ0) is 18.4. The van der Waals surface area contributed by atoms with E-state index in [0.717, 1.165) is 0 Å². The Morgan fingerprint density at radius 3 is 2.73 bits per heavy atom. The van der Waals surface area contributed by atoms with Crippen LogP contribution < -0.4 is 15.6 Å². The molecule has 3 rings (SSSR count). The average Bonchev–Trinajstić information content (AvgIpc) is 3.17. The number of hydrogen-bond acceptors (Lipinski definition) is 5. The van der Waals surface area contributed by atoms with Crippen molar-refractivity contribution in [3.63, 3.8) is 0 Å². The van der Waals surface area contributed by atoms with Gasteiger partial charge in [-0.15, -0.1) is 0 Å². The molecule has 8 heteroatoms. The summed E-state index contributed by atoms with van der Waals surface area (Å²) >= 11 is 0. The Kier molecular flexibility index (Phi) is 5.43. The summed E-state index contributed by atoms with van der Waals surface area (Å²) in [5.41, 5.74) is 0.248. The third-order valence-electron chi connectivity index (χ3n) is 3.47. The van der Waals surface area contributed by atoms with Crippen molar-refractivity contribution in [1.82, 2.24) is 15.1 Å². The summed E-state index contributed by atoms with van der Waals surface area (Å²) in [5, 5.41) is 6.84. The first kappa shape index (κ1) is 17.4. The topological polar surface area (TPSA) is 86.4 Å². The molecular formula is C18H16FN3O4. The quantitative estimate of drug-likeness (QED) is 0.697. The summed E-state index contributed by atoms with van der Waals surface area (Å²) in [4.78, 5) is 23.6. The van der Waals surface area contributed by atoms with Gasteiger partial charge in [0.15, 0.2) is 12.4 Å². The number of hydrogen-bond donors (Lipinski definition) is 1. The standard InChI is InChI=1S/C18H16FN3O4/c19-13-3-5-14(6-4-13)26-12-17(23)20-9-10-22-18(24)8-7-15(21-22)16-2-1-11-25-16/h1-8,11H,9-10,12H2,(H,20,23). The molecule has 2 aromatic heterocycles. The van der Waals surface area contributed by atoms with Gasteiger partial charge in [0, 0.05) is 12.6 Å². The molecule has 0 radical (unpaired) electrons. The van der Waals surface area contributed by atoms with Crippen LogP contribution in [-0.4, -0.2) is 28.8 Å². The number of carbonyl (C=O) groups excluding carboxylic acids is 1. The third kappa shape index (κ3) is 4.56. The normalized spacial score (nSPS) is 10.5. The van der Waals surface area contributed by atoms with Gasteiger partial charge in [0.25, 0.3) is 11.5 Å². The lowest BCUT2D eigenvalue weighted by Gasteiger charge is -2.09. The number of halogens is 1. The van der Waals surface area contributed by atoms with Crippen molar-refractivity contribution in [3.8, 4) is 17.2 Å². The molecular weight excluding hydrogens is 341 g/mol. The number of amides is 1. The number of benzene rings is 1. The van der Waals surface area contributed by atoms with Crippen LogP contribution in [0.3, 0.4) is 0 Å². The molecule has 0 aliphatic heterocycles. The van der Waals surface area contributed by atoms with Gasteiger partial charge < -0.3 is 14.5 Å². The highest BCUT2D eigenvalue weighted by atomic mass is 19.1. The van der Waals surface area contributed by atoms with E-state index >= 15 is 0 Å². The van der Waals surface area contributed by atoms with Crippen LogP contribution in [0.1, 0.15) is 0 Å². The minimum atomic E-state index is -0.378. The zero-order valence-electron chi connectivity index (χ0n) is 13.7.